The number of methoxy groups -OCH3 is 1. The topological polar surface area (TPSA) is 145 Å². The van der Waals surface area contributed by atoms with Crippen molar-refractivity contribution in [2.45, 2.75) is 6.92 Å². The summed E-state index contributed by atoms with van der Waals surface area (Å²) in [5.74, 6) is -0.992. The number of aromatic hydroxyl groups is 1. The summed E-state index contributed by atoms with van der Waals surface area (Å²) in [5, 5.41) is 20.1. The number of nitro groups is 1. The van der Waals surface area contributed by atoms with Crippen LogP contribution in [0.1, 0.15) is 18.3 Å². The number of hydrogen-bond acceptors (Lipinski definition) is 8. The minimum absolute atomic E-state index is 0.0730. The Kier molecular flexibility index (Phi) is 5.12. The van der Waals surface area contributed by atoms with Gasteiger partial charge >= 0.3 is 17.2 Å². The second-order valence-corrected chi connectivity index (χ2v) is 4.72. The SMILES string of the molecule is COc1cc(/C=C/c2nc(O)c([N+](=O)[O-])c(=O)[nH]2)ccc1OC(C)=O. The molecule has 0 saturated carbocycles. The van der Waals surface area contributed by atoms with E-state index >= 15 is 0 Å². The summed E-state index contributed by atoms with van der Waals surface area (Å²) in [7, 11) is 1.41. The molecular weight excluding hydrogens is 334 g/mol. The van der Waals surface area contributed by atoms with Crippen LogP contribution < -0.4 is 15.0 Å². The summed E-state index contributed by atoms with van der Waals surface area (Å²) in [6.07, 6.45) is 2.86. The van der Waals surface area contributed by atoms with Gasteiger partial charge in [0.2, 0.25) is 0 Å². The normalized spacial score (nSPS) is 10.6. The Morgan fingerprint density at radius 3 is 2.64 bits per heavy atom. The standard InChI is InChI=1S/C15H13N3O7/c1-8(19)25-10-5-3-9(7-11(10)24-2)4-6-12-16-14(20)13(18(22)23)15(21)17-12/h3-7H,1-2H3,(H2,16,17,20,21)/b6-4+. The average Bonchev–Trinajstić information content (AvgIpc) is 2.52. The molecule has 0 spiro atoms. The van der Waals surface area contributed by atoms with Crippen molar-refractivity contribution in [2.24, 2.45) is 0 Å². The van der Waals surface area contributed by atoms with E-state index in [1.54, 1.807) is 12.1 Å². The molecule has 0 fully saturated rings. The van der Waals surface area contributed by atoms with Gasteiger partial charge in [0.25, 0.3) is 5.88 Å². The Balaban J connectivity index is 2.32. The minimum Gasteiger partial charge on any atom is -0.493 e. The number of aromatic amines is 1. The number of carbonyl (C=O) groups excluding carboxylic acids is 1. The van der Waals surface area contributed by atoms with Crippen molar-refractivity contribution in [3.63, 3.8) is 0 Å². The second kappa shape index (κ2) is 7.25. The monoisotopic (exact) mass is 347 g/mol. The molecule has 0 aliphatic heterocycles. The molecule has 10 nitrogen and oxygen atoms in total. The van der Waals surface area contributed by atoms with Gasteiger partial charge in [0, 0.05) is 6.92 Å². The molecule has 0 amide bonds. The van der Waals surface area contributed by atoms with Crippen LogP contribution in [0.4, 0.5) is 5.69 Å². The number of aromatic nitrogens is 2. The molecule has 0 bridgehead atoms. The fraction of sp³-hybridized carbons (Fsp3) is 0.133. The second-order valence-electron chi connectivity index (χ2n) is 4.72. The molecule has 130 valence electrons. The van der Waals surface area contributed by atoms with E-state index in [0.717, 1.165) is 0 Å². The van der Waals surface area contributed by atoms with Crippen LogP contribution in [0.2, 0.25) is 0 Å². The molecule has 25 heavy (non-hydrogen) atoms. The molecule has 2 N–H and O–H groups in total. The van der Waals surface area contributed by atoms with Crippen molar-refractivity contribution in [3.05, 3.63) is 50.1 Å². The van der Waals surface area contributed by atoms with Gasteiger partial charge in [-0.05, 0) is 23.8 Å². The highest BCUT2D eigenvalue weighted by Crippen LogP contribution is 2.29. The Morgan fingerprint density at radius 2 is 2.08 bits per heavy atom. The van der Waals surface area contributed by atoms with E-state index in [2.05, 4.69) is 9.97 Å². The maximum absolute atomic E-state index is 11.6. The maximum Gasteiger partial charge on any atom is 0.395 e. The van der Waals surface area contributed by atoms with E-state index in [9.17, 15) is 24.8 Å². The van der Waals surface area contributed by atoms with Crippen molar-refractivity contribution >= 4 is 23.8 Å². The van der Waals surface area contributed by atoms with Gasteiger partial charge in [-0.15, -0.1) is 0 Å². The molecule has 1 aromatic carbocycles. The van der Waals surface area contributed by atoms with E-state index in [1.165, 1.54) is 32.3 Å². The summed E-state index contributed by atoms with van der Waals surface area (Å²) in [4.78, 5) is 37.9. The zero-order chi connectivity index (χ0) is 18.6. The lowest BCUT2D eigenvalue weighted by Crippen LogP contribution is -2.14. The molecule has 0 atom stereocenters. The van der Waals surface area contributed by atoms with E-state index in [1.807, 2.05) is 0 Å². The molecule has 0 aliphatic carbocycles. The lowest BCUT2D eigenvalue weighted by molar-refractivity contribution is -0.387. The van der Waals surface area contributed by atoms with Crippen molar-refractivity contribution in [1.29, 1.82) is 0 Å². The van der Waals surface area contributed by atoms with Crippen molar-refractivity contribution in [1.82, 2.24) is 9.97 Å². The molecule has 0 radical (unpaired) electrons. The van der Waals surface area contributed by atoms with Crippen LogP contribution >= 0.6 is 0 Å². The zero-order valence-corrected chi connectivity index (χ0v) is 13.2. The maximum atomic E-state index is 11.6. The van der Waals surface area contributed by atoms with Crippen molar-refractivity contribution < 1.29 is 24.3 Å². The van der Waals surface area contributed by atoms with Gasteiger partial charge in [0.15, 0.2) is 11.5 Å². The first-order chi connectivity index (χ1) is 11.8. The molecule has 1 heterocycles. The third-order valence-corrected chi connectivity index (χ3v) is 2.95. The number of esters is 1. The minimum atomic E-state index is -1.07. The number of ether oxygens (including phenoxy) is 2. The first kappa shape index (κ1) is 17.7. The smallest absolute Gasteiger partial charge is 0.395 e. The molecule has 2 rings (SSSR count). The van der Waals surface area contributed by atoms with Gasteiger partial charge in [0.05, 0.1) is 12.0 Å². The first-order valence-electron chi connectivity index (χ1n) is 6.84. The Morgan fingerprint density at radius 1 is 1.36 bits per heavy atom. The van der Waals surface area contributed by atoms with Gasteiger partial charge in [-0.2, -0.15) is 4.98 Å². The number of carbonyl (C=O) groups is 1. The largest absolute Gasteiger partial charge is 0.493 e. The van der Waals surface area contributed by atoms with Crippen LogP contribution in [0.25, 0.3) is 12.2 Å². The van der Waals surface area contributed by atoms with Crippen LogP contribution in [0.3, 0.4) is 0 Å². The fourth-order valence-electron chi connectivity index (χ4n) is 1.92. The van der Waals surface area contributed by atoms with Gasteiger partial charge in [0.1, 0.15) is 5.82 Å². The first-order valence-corrected chi connectivity index (χ1v) is 6.84. The van der Waals surface area contributed by atoms with Crippen LogP contribution in [-0.2, 0) is 4.79 Å². The van der Waals surface area contributed by atoms with Gasteiger partial charge in [-0.25, -0.2) is 0 Å². The number of nitrogens with one attached hydrogen (secondary N) is 1. The fourth-order valence-corrected chi connectivity index (χ4v) is 1.92. The van der Waals surface area contributed by atoms with E-state index < -0.39 is 28.0 Å². The van der Waals surface area contributed by atoms with Crippen molar-refractivity contribution in [3.8, 4) is 17.4 Å². The van der Waals surface area contributed by atoms with Crippen LogP contribution in [-0.4, -0.2) is 33.1 Å². The Bertz CT molecular complexity index is 918. The highest BCUT2D eigenvalue weighted by molar-refractivity contribution is 5.72. The van der Waals surface area contributed by atoms with Crippen LogP contribution in [0.15, 0.2) is 23.0 Å². The molecular formula is C15H13N3O7. The van der Waals surface area contributed by atoms with E-state index in [-0.39, 0.29) is 11.6 Å². The summed E-state index contributed by atoms with van der Waals surface area (Å²) in [5.41, 5.74) is -1.49. The molecule has 1 aromatic heterocycles. The summed E-state index contributed by atoms with van der Waals surface area (Å²) < 4.78 is 10.1. The summed E-state index contributed by atoms with van der Waals surface area (Å²) in [6.45, 7) is 1.26. The average molecular weight is 347 g/mol. The lowest BCUT2D eigenvalue weighted by Gasteiger charge is -2.08. The van der Waals surface area contributed by atoms with Crippen molar-refractivity contribution in [2.75, 3.05) is 7.11 Å². The third-order valence-electron chi connectivity index (χ3n) is 2.95. The lowest BCUT2D eigenvalue weighted by atomic mass is 10.2. The zero-order valence-electron chi connectivity index (χ0n) is 13.2. The predicted octanol–water partition coefficient (Wildman–Crippen LogP) is 1.49. The van der Waals surface area contributed by atoms with Crippen LogP contribution in [0, 0.1) is 10.1 Å². The Hall–Kier alpha value is -3.69. The third kappa shape index (κ3) is 4.19. The highest BCUT2D eigenvalue weighted by atomic mass is 16.6. The number of rotatable bonds is 5. The number of benzene rings is 1. The van der Waals surface area contributed by atoms with Crippen LogP contribution in [0.5, 0.6) is 17.4 Å². The Labute approximate surface area is 140 Å². The van der Waals surface area contributed by atoms with Gasteiger partial charge in [-0.3, -0.25) is 19.7 Å². The number of nitrogens with zero attached hydrogens (tertiary/aromatic N) is 2. The molecule has 0 aliphatic rings. The highest BCUT2D eigenvalue weighted by Gasteiger charge is 2.21. The summed E-state index contributed by atoms with van der Waals surface area (Å²) in [6, 6.07) is 4.70. The molecule has 0 unspecified atom stereocenters. The van der Waals surface area contributed by atoms with E-state index in [0.29, 0.717) is 11.3 Å². The van der Waals surface area contributed by atoms with Gasteiger partial charge < -0.3 is 19.6 Å². The number of hydrogen-bond donors (Lipinski definition) is 2. The predicted molar refractivity (Wildman–Crippen MR) is 86.4 cm³/mol. The summed E-state index contributed by atoms with van der Waals surface area (Å²) >= 11 is 0. The molecule has 0 saturated heterocycles. The van der Waals surface area contributed by atoms with E-state index in [4.69, 9.17) is 9.47 Å². The molecule has 10 heteroatoms. The molecule has 2 aromatic rings. The van der Waals surface area contributed by atoms with Gasteiger partial charge in [-0.1, -0.05) is 12.1 Å². The quantitative estimate of drug-likeness (QED) is 0.358. The number of H-pyrrole nitrogens is 1.